The zero-order valence-electron chi connectivity index (χ0n) is 11.6. The Morgan fingerprint density at radius 1 is 1.32 bits per heavy atom. The van der Waals surface area contributed by atoms with Crippen LogP contribution in [0.15, 0.2) is 22.7 Å². The second kappa shape index (κ2) is 4.49. The Hall–Kier alpha value is -1.61. The van der Waals surface area contributed by atoms with E-state index in [1.165, 1.54) is 5.56 Å². The van der Waals surface area contributed by atoms with Crippen LogP contribution in [-0.2, 0) is 6.42 Å². The first-order chi connectivity index (χ1) is 9.09. The van der Waals surface area contributed by atoms with E-state index >= 15 is 0 Å². The highest BCUT2D eigenvalue weighted by Gasteiger charge is 2.33. The van der Waals surface area contributed by atoms with Crippen molar-refractivity contribution >= 4 is 0 Å². The number of pyridine rings is 1. The topological polar surface area (TPSA) is 46.3 Å². The zero-order chi connectivity index (χ0) is 13.6. The molecule has 1 N–H and O–H groups in total. The van der Waals surface area contributed by atoms with Crippen molar-refractivity contribution in [2.75, 3.05) is 0 Å². The van der Waals surface area contributed by atoms with Gasteiger partial charge in [-0.05, 0) is 50.8 Å². The highest BCUT2D eigenvalue weighted by atomic mass is 16.3. The van der Waals surface area contributed by atoms with Crippen LogP contribution in [0.3, 0.4) is 0 Å². The van der Waals surface area contributed by atoms with Crippen molar-refractivity contribution in [2.24, 2.45) is 0 Å². The Kier molecular flexibility index (Phi) is 2.94. The lowest BCUT2D eigenvalue weighted by Gasteiger charge is -2.19. The summed E-state index contributed by atoms with van der Waals surface area (Å²) in [6.07, 6.45) is 3.24. The predicted molar refractivity (Wildman–Crippen MR) is 73.2 cm³/mol. The van der Waals surface area contributed by atoms with Crippen molar-refractivity contribution in [3.63, 3.8) is 0 Å². The number of rotatable bonds is 2. The predicted octanol–water partition coefficient (Wildman–Crippen LogP) is 3.36. The van der Waals surface area contributed by atoms with Crippen LogP contribution in [0.2, 0.25) is 0 Å². The average molecular weight is 257 g/mol. The maximum Gasteiger partial charge on any atom is 0.107 e. The first kappa shape index (κ1) is 12.4. The van der Waals surface area contributed by atoms with Crippen LogP contribution < -0.4 is 0 Å². The van der Waals surface area contributed by atoms with E-state index in [0.717, 1.165) is 41.2 Å². The molecule has 0 aromatic carbocycles. The van der Waals surface area contributed by atoms with Gasteiger partial charge in [-0.25, -0.2) is 0 Å². The molecule has 0 saturated carbocycles. The number of nitrogens with zero attached hydrogens (tertiary/aromatic N) is 1. The van der Waals surface area contributed by atoms with Crippen molar-refractivity contribution in [2.45, 2.75) is 45.6 Å². The summed E-state index contributed by atoms with van der Waals surface area (Å²) in [5.74, 6) is 1.81. The Balaban J connectivity index is 2.00. The molecule has 0 amide bonds. The number of hydrogen-bond acceptors (Lipinski definition) is 3. The minimum absolute atomic E-state index is 0.0885. The summed E-state index contributed by atoms with van der Waals surface area (Å²) in [6, 6.07) is 4.07. The molecule has 2 aromatic heterocycles. The number of hydrogen-bond donors (Lipinski definition) is 1. The molecular formula is C16H19NO2. The monoisotopic (exact) mass is 257 g/mol. The van der Waals surface area contributed by atoms with Crippen molar-refractivity contribution in [3.05, 3.63) is 52.2 Å². The summed E-state index contributed by atoms with van der Waals surface area (Å²) < 4.78 is 5.63. The molecule has 0 bridgehead atoms. The lowest BCUT2D eigenvalue weighted by Crippen LogP contribution is -2.11. The highest BCUT2D eigenvalue weighted by molar-refractivity contribution is 5.38. The van der Waals surface area contributed by atoms with Gasteiger partial charge in [0.05, 0.1) is 6.10 Å². The van der Waals surface area contributed by atoms with Crippen molar-refractivity contribution in [1.29, 1.82) is 0 Å². The van der Waals surface area contributed by atoms with E-state index in [0.29, 0.717) is 0 Å². The number of aromatic nitrogens is 1. The molecule has 2 atom stereocenters. The van der Waals surface area contributed by atoms with Gasteiger partial charge < -0.3 is 9.52 Å². The summed E-state index contributed by atoms with van der Waals surface area (Å²) in [4.78, 5) is 4.46. The minimum Gasteiger partial charge on any atom is -0.466 e. The lowest BCUT2D eigenvalue weighted by atomic mass is 9.91. The SMILES string of the molecule is Cc1oc(C)c(C(O)C2CCc3cccnc32)c1C. The molecule has 0 radical (unpaired) electrons. The molecule has 0 fully saturated rings. The number of aliphatic hydroxyl groups is 1. The van der Waals surface area contributed by atoms with Crippen LogP contribution >= 0.6 is 0 Å². The van der Waals surface area contributed by atoms with Crippen LogP contribution in [0.1, 0.15) is 52.3 Å². The Morgan fingerprint density at radius 3 is 2.79 bits per heavy atom. The number of aryl methyl sites for hydroxylation is 3. The number of aliphatic hydroxyl groups excluding tert-OH is 1. The second-order valence-corrected chi connectivity index (χ2v) is 5.39. The van der Waals surface area contributed by atoms with Gasteiger partial charge in [0.1, 0.15) is 11.5 Å². The van der Waals surface area contributed by atoms with Crippen molar-refractivity contribution < 1.29 is 9.52 Å². The molecule has 1 aliphatic rings. The van der Waals surface area contributed by atoms with Gasteiger partial charge in [0.15, 0.2) is 0 Å². The van der Waals surface area contributed by atoms with Gasteiger partial charge in [-0.2, -0.15) is 0 Å². The smallest absolute Gasteiger partial charge is 0.107 e. The maximum absolute atomic E-state index is 10.7. The summed E-state index contributed by atoms with van der Waals surface area (Å²) in [5, 5.41) is 10.7. The molecular weight excluding hydrogens is 238 g/mol. The van der Waals surface area contributed by atoms with Gasteiger partial charge in [0, 0.05) is 23.4 Å². The van der Waals surface area contributed by atoms with Gasteiger partial charge >= 0.3 is 0 Å². The van der Waals surface area contributed by atoms with E-state index in [1.54, 1.807) is 0 Å². The fourth-order valence-corrected chi connectivity index (χ4v) is 3.20. The molecule has 0 spiro atoms. The minimum atomic E-state index is -0.520. The van der Waals surface area contributed by atoms with Gasteiger partial charge in [0.25, 0.3) is 0 Å². The fourth-order valence-electron chi connectivity index (χ4n) is 3.20. The Bertz CT molecular complexity index is 615. The summed E-state index contributed by atoms with van der Waals surface area (Å²) in [5.41, 5.74) is 4.32. The summed E-state index contributed by atoms with van der Waals surface area (Å²) in [7, 11) is 0. The molecule has 0 aliphatic heterocycles. The quantitative estimate of drug-likeness (QED) is 0.897. The third-order valence-electron chi connectivity index (χ3n) is 4.30. The molecule has 2 heterocycles. The third-order valence-corrected chi connectivity index (χ3v) is 4.30. The normalized spacial score (nSPS) is 19.5. The molecule has 0 saturated heterocycles. The molecule has 100 valence electrons. The van der Waals surface area contributed by atoms with Crippen LogP contribution in [0, 0.1) is 20.8 Å². The fraction of sp³-hybridized carbons (Fsp3) is 0.438. The Labute approximate surface area is 113 Å². The summed E-state index contributed by atoms with van der Waals surface area (Å²) >= 11 is 0. The third kappa shape index (κ3) is 1.89. The van der Waals surface area contributed by atoms with Crippen molar-refractivity contribution in [3.8, 4) is 0 Å². The maximum atomic E-state index is 10.7. The molecule has 1 aliphatic carbocycles. The standard InChI is InChI=1S/C16H19NO2/c1-9-10(2)19-11(3)14(9)16(18)13-7-6-12-5-4-8-17-15(12)13/h4-5,8,13,16,18H,6-7H2,1-3H3. The molecule has 2 unspecified atom stereocenters. The average Bonchev–Trinajstić information content (AvgIpc) is 2.91. The lowest BCUT2D eigenvalue weighted by molar-refractivity contribution is 0.141. The van der Waals surface area contributed by atoms with Gasteiger partial charge in [-0.15, -0.1) is 0 Å². The molecule has 2 aromatic rings. The van der Waals surface area contributed by atoms with Crippen LogP contribution in [-0.4, -0.2) is 10.1 Å². The van der Waals surface area contributed by atoms with Gasteiger partial charge in [-0.3, -0.25) is 4.98 Å². The van der Waals surface area contributed by atoms with Crippen molar-refractivity contribution in [1.82, 2.24) is 4.98 Å². The molecule has 19 heavy (non-hydrogen) atoms. The van der Waals surface area contributed by atoms with E-state index in [2.05, 4.69) is 11.1 Å². The van der Waals surface area contributed by atoms with E-state index in [4.69, 9.17) is 4.42 Å². The van der Waals surface area contributed by atoms with Crippen LogP contribution in [0.5, 0.6) is 0 Å². The van der Waals surface area contributed by atoms with E-state index < -0.39 is 6.10 Å². The van der Waals surface area contributed by atoms with Gasteiger partial charge in [0.2, 0.25) is 0 Å². The number of fused-ring (bicyclic) bond motifs is 1. The number of furan rings is 1. The highest BCUT2D eigenvalue weighted by Crippen LogP contribution is 2.42. The van der Waals surface area contributed by atoms with E-state index in [-0.39, 0.29) is 5.92 Å². The van der Waals surface area contributed by atoms with E-state index in [1.807, 2.05) is 33.0 Å². The van der Waals surface area contributed by atoms with Crippen LogP contribution in [0.25, 0.3) is 0 Å². The second-order valence-electron chi connectivity index (χ2n) is 5.39. The van der Waals surface area contributed by atoms with E-state index in [9.17, 15) is 5.11 Å². The molecule has 3 heteroatoms. The van der Waals surface area contributed by atoms with Crippen LogP contribution in [0.4, 0.5) is 0 Å². The first-order valence-electron chi connectivity index (χ1n) is 6.78. The first-order valence-corrected chi connectivity index (χ1v) is 6.78. The molecule has 3 nitrogen and oxygen atoms in total. The molecule has 3 rings (SSSR count). The Morgan fingerprint density at radius 2 is 2.11 bits per heavy atom. The largest absolute Gasteiger partial charge is 0.466 e. The zero-order valence-corrected chi connectivity index (χ0v) is 11.6. The summed E-state index contributed by atoms with van der Waals surface area (Å²) in [6.45, 7) is 5.88. The van der Waals surface area contributed by atoms with Gasteiger partial charge in [-0.1, -0.05) is 6.07 Å².